The van der Waals surface area contributed by atoms with Crippen molar-refractivity contribution in [2.24, 2.45) is 0 Å². The molecule has 4 rings (SSSR count). The molecule has 0 saturated heterocycles. The van der Waals surface area contributed by atoms with Gasteiger partial charge in [0.2, 0.25) is 0 Å². The van der Waals surface area contributed by atoms with Crippen LogP contribution < -0.4 is 5.32 Å². The van der Waals surface area contributed by atoms with Gasteiger partial charge in [0, 0.05) is 29.0 Å². The summed E-state index contributed by atoms with van der Waals surface area (Å²) in [5.41, 5.74) is 3.80. The Morgan fingerprint density at radius 3 is 2.59 bits per heavy atom. The second-order valence-corrected chi connectivity index (χ2v) is 7.15. The summed E-state index contributed by atoms with van der Waals surface area (Å²) in [5.74, 6) is 0. The summed E-state index contributed by atoms with van der Waals surface area (Å²) < 4.78 is 0. The van der Waals surface area contributed by atoms with E-state index in [-0.39, 0.29) is 6.04 Å². The number of pyridine rings is 2. The molecule has 2 aromatic carbocycles. The summed E-state index contributed by atoms with van der Waals surface area (Å²) in [6.45, 7) is 2.08. The molecule has 0 aliphatic heterocycles. The van der Waals surface area contributed by atoms with E-state index in [4.69, 9.17) is 23.2 Å². The number of nitrogens with zero attached hydrogens (tertiary/aromatic N) is 2. The van der Waals surface area contributed by atoms with Crippen molar-refractivity contribution in [3.05, 3.63) is 88.8 Å². The maximum Gasteiger partial charge on any atom is 0.129 e. The molecule has 0 spiro atoms. The van der Waals surface area contributed by atoms with Crippen LogP contribution in [0.2, 0.25) is 10.2 Å². The molecule has 0 aliphatic rings. The van der Waals surface area contributed by atoms with Crippen LogP contribution in [0.1, 0.15) is 18.5 Å². The SMILES string of the molecule is CC(Nc1ccc(Cl)c(-c2nccc3ccccc23)c1)c1ccc(Cl)nc1. The number of anilines is 1. The zero-order chi connectivity index (χ0) is 18.8. The Kier molecular flexibility index (Phi) is 4.97. The van der Waals surface area contributed by atoms with Crippen LogP contribution in [0.25, 0.3) is 22.0 Å². The van der Waals surface area contributed by atoms with Crippen LogP contribution in [0, 0.1) is 0 Å². The zero-order valence-corrected chi connectivity index (χ0v) is 16.2. The Morgan fingerprint density at radius 2 is 1.78 bits per heavy atom. The number of fused-ring (bicyclic) bond motifs is 1. The van der Waals surface area contributed by atoms with Crippen molar-refractivity contribution in [2.45, 2.75) is 13.0 Å². The summed E-state index contributed by atoms with van der Waals surface area (Å²) in [5, 5.41) is 6.87. The Hall–Kier alpha value is -2.62. The molecular formula is C22H17Cl2N3. The molecule has 4 aromatic rings. The van der Waals surface area contributed by atoms with Gasteiger partial charge < -0.3 is 5.32 Å². The van der Waals surface area contributed by atoms with E-state index in [2.05, 4.69) is 34.3 Å². The lowest BCUT2D eigenvalue weighted by Crippen LogP contribution is -2.07. The Balaban J connectivity index is 1.70. The number of rotatable bonds is 4. The highest BCUT2D eigenvalue weighted by atomic mass is 35.5. The molecule has 1 unspecified atom stereocenters. The van der Waals surface area contributed by atoms with Gasteiger partial charge >= 0.3 is 0 Å². The molecule has 3 nitrogen and oxygen atoms in total. The Morgan fingerprint density at radius 1 is 0.926 bits per heavy atom. The van der Waals surface area contributed by atoms with Gasteiger partial charge in [-0.2, -0.15) is 0 Å². The molecule has 2 aromatic heterocycles. The van der Waals surface area contributed by atoms with Crippen LogP contribution in [-0.4, -0.2) is 9.97 Å². The minimum atomic E-state index is 0.0734. The molecule has 0 aliphatic carbocycles. The lowest BCUT2D eigenvalue weighted by molar-refractivity contribution is 0.876. The normalized spacial score (nSPS) is 12.1. The summed E-state index contributed by atoms with van der Waals surface area (Å²) in [6, 6.07) is 19.9. The van der Waals surface area contributed by atoms with Gasteiger partial charge in [-0.1, -0.05) is 53.5 Å². The van der Waals surface area contributed by atoms with Gasteiger partial charge in [0.25, 0.3) is 0 Å². The second kappa shape index (κ2) is 7.55. The average Bonchev–Trinajstić information content (AvgIpc) is 2.69. The largest absolute Gasteiger partial charge is 0.378 e. The predicted octanol–water partition coefficient (Wildman–Crippen LogP) is 6.78. The molecule has 0 fully saturated rings. The number of benzene rings is 2. The van der Waals surface area contributed by atoms with Crippen molar-refractivity contribution >= 4 is 39.7 Å². The van der Waals surface area contributed by atoms with Gasteiger partial charge in [-0.05, 0) is 48.2 Å². The van der Waals surface area contributed by atoms with Crippen molar-refractivity contribution in [1.82, 2.24) is 9.97 Å². The van der Waals surface area contributed by atoms with E-state index in [1.165, 1.54) is 0 Å². The number of nitrogens with one attached hydrogen (secondary N) is 1. The first-order valence-corrected chi connectivity index (χ1v) is 9.39. The van der Waals surface area contributed by atoms with E-state index in [0.717, 1.165) is 33.3 Å². The minimum absolute atomic E-state index is 0.0734. The fraction of sp³-hybridized carbons (Fsp3) is 0.0909. The molecule has 2 heterocycles. The molecule has 0 radical (unpaired) electrons. The third-order valence-corrected chi connectivity index (χ3v) is 5.08. The highest BCUT2D eigenvalue weighted by Crippen LogP contribution is 2.34. The molecule has 0 bridgehead atoms. The summed E-state index contributed by atoms with van der Waals surface area (Å²) in [6.07, 6.45) is 3.60. The first-order valence-electron chi connectivity index (χ1n) is 8.63. The molecule has 134 valence electrons. The van der Waals surface area contributed by atoms with Crippen LogP contribution in [0.5, 0.6) is 0 Å². The Bertz CT molecular complexity index is 1090. The number of hydrogen-bond donors (Lipinski definition) is 1. The van der Waals surface area contributed by atoms with Gasteiger partial charge in [-0.3, -0.25) is 4.98 Å². The fourth-order valence-corrected chi connectivity index (χ4v) is 3.43. The summed E-state index contributed by atoms with van der Waals surface area (Å²) >= 11 is 12.4. The van der Waals surface area contributed by atoms with Gasteiger partial charge in [-0.25, -0.2) is 4.98 Å². The first-order chi connectivity index (χ1) is 13.1. The fourth-order valence-electron chi connectivity index (χ4n) is 3.11. The van der Waals surface area contributed by atoms with E-state index in [1.807, 2.05) is 48.7 Å². The van der Waals surface area contributed by atoms with Crippen LogP contribution in [0.4, 0.5) is 5.69 Å². The number of aromatic nitrogens is 2. The van der Waals surface area contributed by atoms with E-state index < -0.39 is 0 Å². The summed E-state index contributed by atoms with van der Waals surface area (Å²) in [7, 11) is 0. The van der Waals surface area contributed by atoms with E-state index in [1.54, 1.807) is 12.3 Å². The number of halogens is 2. The lowest BCUT2D eigenvalue weighted by atomic mass is 10.0. The summed E-state index contributed by atoms with van der Waals surface area (Å²) in [4.78, 5) is 8.74. The van der Waals surface area contributed by atoms with Crippen LogP contribution >= 0.6 is 23.2 Å². The smallest absolute Gasteiger partial charge is 0.129 e. The monoisotopic (exact) mass is 393 g/mol. The van der Waals surface area contributed by atoms with E-state index >= 15 is 0 Å². The van der Waals surface area contributed by atoms with E-state index in [0.29, 0.717) is 10.2 Å². The van der Waals surface area contributed by atoms with Crippen molar-refractivity contribution in [2.75, 3.05) is 5.32 Å². The standard InChI is InChI=1S/C22H17Cl2N3/c1-14(16-6-9-21(24)26-13-16)27-17-7-8-20(23)19(12-17)22-18-5-3-2-4-15(18)10-11-25-22/h2-14,27H,1H3. The molecule has 1 atom stereocenters. The number of hydrogen-bond acceptors (Lipinski definition) is 3. The Labute approximate surface area is 168 Å². The quantitative estimate of drug-likeness (QED) is 0.388. The third kappa shape index (κ3) is 3.75. The third-order valence-electron chi connectivity index (χ3n) is 4.53. The van der Waals surface area contributed by atoms with Crippen molar-refractivity contribution < 1.29 is 0 Å². The van der Waals surface area contributed by atoms with E-state index in [9.17, 15) is 0 Å². The van der Waals surface area contributed by atoms with Gasteiger partial charge in [0.1, 0.15) is 5.15 Å². The van der Waals surface area contributed by atoms with Gasteiger partial charge in [-0.15, -0.1) is 0 Å². The van der Waals surface area contributed by atoms with Crippen molar-refractivity contribution in [3.63, 3.8) is 0 Å². The highest BCUT2D eigenvalue weighted by molar-refractivity contribution is 6.33. The predicted molar refractivity (Wildman–Crippen MR) is 113 cm³/mol. The molecule has 5 heteroatoms. The van der Waals surface area contributed by atoms with Gasteiger partial charge in [0.15, 0.2) is 0 Å². The molecule has 27 heavy (non-hydrogen) atoms. The first kappa shape index (κ1) is 17.8. The van der Waals surface area contributed by atoms with Crippen LogP contribution in [0.15, 0.2) is 73.1 Å². The second-order valence-electron chi connectivity index (χ2n) is 6.36. The molecule has 0 saturated carbocycles. The lowest BCUT2D eigenvalue weighted by Gasteiger charge is -2.17. The van der Waals surface area contributed by atoms with Crippen molar-refractivity contribution in [3.8, 4) is 11.3 Å². The molecule has 0 amide bonds. The van der Waals surface area contributed by atoms with Crippen LogP contribution in [0.3, 0.4) is 0 Å². The maximum atomic E-state index is 6.51. The van der Waals surface area contributed by atoms with Gasteiger partial charge in [0.05, 0.1) is 16.8 Å². The van der Waals surface area contributed by atoms with Crippen LogP contribution in [-0.2, 0) is 0 Å². The topological polar surface area (TPSA) is 37.8 Å². The minimum Gasteiger partial charge on any atom is -0.378 e. The molecule has 1 N–H and O–H groups in total. The zero-order valence-electron chi connectivity index (χ0n) is 14.7. The maximum absolute atomic E-state index is 6.51. The molecular weight excluding hydrogens is 377 g/mol. The van der Waals surface area contributed by atoms with Crippen molar-refractivity contribution in [1.29, 1.82) is 0 Å². The highest BCUT2D eigenvalue weighted by Gasteiger charge is 2.12. The average molecular weight is 394 g/mol.